The maximum Gasteiger partial charge on any atom is 0.523 e. The third-order valence-electron chi connectivity index (χ3n) is 7.21. The predicted octanol–water partition coefficient (Wildman–Crippen LogP) is 8.03. The van der Waals surface area contributed by atoms with Gasteiger partial charge in [0.1, 0.15) is 23.4 Å². The van der Waals surface area contributed by atoms with E-state index in [0.717, 1.165) is 0 Å². The van der Waals surface area contributed by atoms with Gasteiger partial charge >= 0.3 is 15.6 Å². The van der Waals surface area contributed by atoms with Crippen molar-refractivity contribution in [2.75, 3.05) is 14.2 Å². The summed E-state index contributed by atoms with van der Waals surface area (Å²) in [5.41, 5.74) is -4.99. The van der Waals surface area contributed by atoms with Crippen LogP contribution in [0.3, 0.4) is 0 Å². The van der Waals surface area contributed by atoms with Crippen molar-refractivity contribution >= 4 is 10.1 Å². The van der Waals surface area contributed by atoms with Gasteiger partial charge in [-0.3, -0.25) is 0 Å². The second kappa shape index (κ2) is 13.1. The molecule has 5 aromatic rings. The molecule has 0 aliphatic heterocycles. The van der Waals surface area contributed by atoms with E-state index in [-0.39, 0.29) is 28.4 Å². The van der Waals surface area contributed by atoms with Gasteiger partial charge in [0, 0.05) is 28.8 Å². The summed E-state index contributed by atoms with van der Waals surface area (Å²) in [6, 6.07) is 38.4. The Morgan fingerprint density at radius 1 is 0.600 bits per heavy atom. The Morgan fingerprint density at radius 2 is 1.02 bits per heavy atom. The van der Waals surface area contributed by atoms with E-state index in [1.807, 2.05) is 91.0 Å². The van der Waals surface area contributed by atoms with Crippen LogP contribution in [0.1, 0.15) is 33.9 Å². The lowest BCUT2D eigenvalue weighted by atomic mass is 9.80. The minimum atomic E-state index is -6.09. The molecule has 0 aliphatic carbocycles. The normalized spacial score (nSPS) is 12.7. The van der Waals surface area contributed by atoms with Gasteiger partial charge in [-0.1, -0.05) is 121 Å². The van der Waals surface area contributed by atoms with E-state index in [2.05, 4.69) is 0 Å². The topological polar surface area (TPSA) is 71.1 Å². The van der Waals surface area contributed by atoms with Crippen LogP contribution in [0.25, 0.3) is 0 Å². The minimum Gasteiger partial charge on any atom is -0.496 e. The molecule has 0 saturated heterocycles. The van der Waals surface area contributed by atoms with Crippen molar-refractivity contribution in [3.8, 4) is 17.2 Å². The summed E-state index contributed by atoms with van der Waals surface area (Å²) in [6.07, 6.45) is -1.83. The van der Waals surface area contributed by atoms with Gasteiger partial charge in [-0.15, -0.1) is 0 Å². The number of hydrogen-bond acceptors (Lipinski definition) is 6. The zero-order valence-electron chi connectivity index (χ0n) is 24.3. The Kier molecular flexibility index (Phi) is 9.17. The molecule has 0 aromatic heterocycles. The van der Waals surface area contributed by atoms with Crippen LogP contribution in [0.15, 0.2) is 133 Å². The summed E-state index contributed by atoms with van der Waals surface area (Å²) < 4.78 is 89.6. The number of rotatable bonds is 11. The zero-order chi connectivity index (χ0) is 32.1. The number of benzene rings is 5. The fourth-order valence-electron chi connectivity index (χ4n) is 5.15. The highest BCUT2D eigenvalue weighted by Crippen LogP contribution is 2.49. The summed E-state index contributed by atoms with van der Waals surface area (Å²) >= 11 is 0. The Bertz CT molecular complexity index is 1720. The molecule has 5 rings (SSSR count). The molecule has 0 bridgehead atoms. The van der Waals surface area contributed by atoms with Gasteiger partial charge in [0.2, 0.25) is 0 Å². The molecule has 0 spiro atoms. The molecule has 45 heavy (non-hydrogen) atoms. The van der Waals surface area contributed by atoms with Gasteiger partial charge in [0.05, 0.1) is 19.8 Å². The van der Waals surface area contributed by atoms with E-state index >= 15 is 0 Å². The molecule has 5 aromatic carbocycles. The molecule has 0 fully saturated rings. The molecule has 10 heteroatoms. The molecule has 0 aliphatic rings. The van der Waals surface area contributed by atoms with E-state index in [4.69, 9.17) is 18.4 Å². The van der Waals surface area contributed by atoms with Crippen LogP contribution < -0.4 is 14.2 Å². The first-order valence-corrected chi connectivity index (χ1v) is 15.2. The van der Waals surface area contributed by atoms with Crippen LogP contribution >= 0.6 is 0 Å². The molecule has 0 N–H and O–H groups in total. The first-order chi connectivity index (χ1) is 21.6. The van der Waals surface area contributed by atoms with Crippen molar-refractivity contribution in [3.63, 3.8) is 0 Å². The quantitative estimate of drug-likeness (QED) is 0.0833. The third kappa shape index (κ3) is 6.38. The lowest BCUT2D eigenvalue weighted by Gasteiger charge is -2.37. The van der Waals surface area contributed by atoms with Crippen molar-refractivity contribution in [1.29, 1.82) is 0 Å². The third-order valence-corrected chi connectivity index (χ3v) is 8.22. The summed E-state index contributed by atoms with van der Waals surface area (Å²) in [4.78, 5) is 0. The van der Waals surface area contributed by atoms with Crippen molar-refractivity contribution in [2.24, 2.45) is 0 Å². The second-order valence-electron chi connectivity index (χ2n) is 9.91. The van der Waals surface area contributed by atoms with Gasteiger partial charge in [0.15, 0.2) is 5.60 Å². The van der Waals surface area contributed by atoms with Gasteiger partial charge < -0.3 is 14.2 Å². The second-order valence-corrected chi connectivity index (χ2v) is 11.5. The monoisotopic (exact) mass is 634 g/mol. The first kappa shape index (κ1) is 31.6. The van der Waals surface area contributed by atoms with Crippen LogP contribution in [0.5, 0.6) is 17.2 Å². The lowest BCUT2D eigenvalue weighted by Crippen LogP contribution is -2.36. The molecule has 0 heterocycles. The molecule has 232 valence electrons. The molecule has 6 nitrogen and oxygen atoms in total. The Labute approximate surface area is 259 Å². The minimum absolute atomic E-state index is 0.0151. The Morgan fingerprint density at radius 3 is 1.42 bits per heavy atom. The molecule has 1 unspecified atom stereocenters. The van der Waals surface area contributed by atoms with E-state index in [1.54, 1.807) is 18.2 Å². The van der Waals surface area contributed by atoms with Crippen molar-refractivity contribution in [2.45, 2.75) is 17.2 Å². The van der Waals surface area contributed by atoms with Gasteiger partial charge in [-0.25, -0.2) is 4.18 Å². The fraction of sp³-hybridized carbons (Fsp3) is 0.143. The number of halogens is 3. The average molecular weight is 635 g/mol. The molecule has 1 atom stereocenters. The SMILES string of the molecule is COc1cc(OC)c(C(OS(=O)(=O)C(F)(F)F)c2ccccc2)c(OC(c2ccccc2)(c2ccccc2)c2ccccc2)c1. The van der Waals surface area contributed by atoms with Crippen LogP contribution in [-0.4, -0.2) is 28.1 Å². The number of alkyl halides is 3. The number of methoxy groups -OCH3 is 2. The van der Waals surface area contributed by atoms with E-state index in [0.29, 0.717) is 16.7 Å². The van der Waals surface area contributed by atoms with Gasteiger partial charge in [-0.05, 0) is 5.56 Å². The van der Waals surface area contributed by atoms with Crippen molar-refractivity contribution < 1.29 is 40.0 Å². The van der Waals surface area contributed by atoms with E-state index in [1.165, 1.54) is 38.5 Å². The highest BCUT2D eigenvalue weighted by molar-refractivity contribution is 7.87. The van der Waals surface area contributed by atoms with E-state index < -0.39 is 27.3 Å². The summed E-state index contributed by atoms with van der Waals surface area (Å²) in [6.45, 7) is 0. The molecule has 0 amide bonds. The lowest BCUT2D eigenvalue weighted by molar-refractivity contribution is -0.0564. The fourth-order valence-corrected chi connectivity index (χ4v) is 5.72. The zero-order valence-corrected chi connectivity index (χ0v) is 25.1. The Hall–Kier alpha value is -4.80. The summed E-state index contributed by atoms with van der Waals surface area (Å²) in [7, 11) is -3.37. The maximum atomic E-state index is 13.8. The predicted molar refractivity (Wildman–Crippen MR) is 164 cm³/mol. The Balaban J connectivity index is 1.86. The van der Waals surface area contributed by atoms with Crippen LogP contribution in [0, 0.1) is 0 Å². The number of hydrogen-bond donors (Lipinski definition) is 0. The molecular weight excluding hydrogens is 605 g/mol. The van der Waals surface area contributed by atoms with Gasteiger partial charge in [-0.2, -0.15) is 21.6 Å². The van der Waals surface area contributed by atoms with Crippen LogP contribution in [-0.2, 0) is 19.9 Å². The number of ether oxygens (including phenoxy) is 3. The largest absolute Gasteiger partial charge is 0.523 e. The summed E-state index contributed by atoms with van der Waals surface area (Å²) in [5, 5.41) is 0. The highest BCUT2D eigenvalue weighted by atomic mass is 32.2. The summed E-state index contributed by atoms with van der Waals surface area (Å²) in [5.74, 6) is 0.201. The van der Waals surface area contributed by atoms with Gasteiger partial charge in [0.25, 0.3) is 0 Å². The van der Waals surface area contributed by atoms with Crippen molar-refractivity contribution in [1.82, 2.24) is 0 Å². The molecule has 0 radical (unpaired) electrons. The standard InChI is InChI=1S/C35H29F3O6S/c1-41-29-23-30(42-2)32(33(25-15-7-3-8-16-25)44-45(39,40)35(36,37)38)31(24-29)43-34(26-17-9-4-10-18-26,27-19-11-5-12-20-27)28-21-13-6-14-22-28/h3-24,33H,1-2H3. The van der Waals surface area contributed by atoms with E-state index in [9.17, 15) is 21.6 Å². The first-order valence-electron chi connectivity index (χ1n) is 13.8. The van der Waals surface area contributed by atoms with Crippen molar-refractivity contribution in [3.05, 3.63) is 161 Å². The average Bonchev–Trinajstić information content (AvgIpc) is 3.07. The molecule has 0 saturated carbocycles. The smallest absolute Gasteiger partial charge is 0.496 e. The van der Waals surface area contributed by atoms with Crippen LogP contribution in [0.4, 0.5) is 13.2 Å². The highest BCUT2D eigenvalue weighted by Gasteiger charge is 2.50. The van der Waals surface area contributed by atoms with Crippen LogP contribution in [0.2, 0.25) is 0 Å². The maximum absolute atomic E-state index is 13.8. The molecular formula is C35H29F3O6S.